The molecule has 0 saturated heterocycles. The maximum absolute atomic E-state index is 9.40. The van der Waals surface area contributed by atoms with Gasteiger partial charge in [0, 0.05) is 13.1 Å². The average Bonchev–Trinajstić information content (AvgIpc) is 2.44. The minimum absolute atomic E-state index is 0.159. The van der Waals surface area contributed by atoms with Gasteiger partial charge in [0.2, 0.25) is 0 Å². The minimum atomic E-state index is -0.755. The van der Waals surface area contributed by atoms with Gasteiger partial charge in [0.1, 0.15) is 11.6 Å². The van der Waals surface area contributed by atoms with Crippen molar-refractivity contribution in [3.05, 3.63) is 6.07 Å². The molecule has 0 radical (unpaired) electrons. The zero-order valence-electron chi connectivity index (χ0n) is 10.9. The maximum atomic E-state index is 9.40. The van der Waals surface area contributed by atoms with Crippen molar-refractivity contribution in [2.45, 2.75) is 24.0 Å². The number of thioether (sulfide) groups is 1. The smallest absolute Gasteiger partial charge is 0.191 e. The Morgan fingerprint density at radius 2 is 1.89 bits per heavy atom. The molecule has 4 N–H and O–H groups in total. The molecule has 0 amide bonds. The van der Waals surface area contributed by atoms with Crippen LogP contribution in [-0.4, -0.2) is 52.2 Å². The molecule has 102 valence electrons. The third-order valence-corrected chi connectivity index (χ3v) is 3.37. The first-order valence-corrected chi connectivity index (χ1v) is 6.96. The molecule has 0 aromatic carbocycles. The largest absolute Gasteiger partial charge is 0.394 e. The first kappa shape index (κ1) is 15.0. The predicted octanol–water partition coefficient (Wildman–Crippen LogP) is 0.785. The van der Waals surface area contributed by atoms with Crippen LogP contribution in [0.4, 0.5) is 11.6 Å². The lowest BCUT2D eigenvalue weighted by Crippen LogP contribution is -2.45. The summed E-state index contributed by atoms with van der Waals surface area (Å²) < 4.78 is 0. The standard InChI is InChI=1S/C11H20N4O2S/c1-4-11(6-16,7-17)15-9-5-8(12-2)13-10(14-9)18-3/h5,16-17H,4,6-7H2,1-3H3,(H2,12,13,14,15). The zero-order chi connectivity index (χ0) is 13.6. The van der Waals surface area contributed by atoms with E-state index in [1.54, 1.807) is 13.1 Å². The Bertz CT molecular complexity index is 355. The van der Waals surface area contributed by atoms with E-state index in [9.17, 15) is 10.2 Å². The predicted molar refractivity (Wildman–Crippen MR) is 74.2 cm³/mol. The van der Waals surface area contributed by atoms with Crippen LogP contribution in [0.5, 0.6) is 0 Å². The van der Waals surface area contributed by atoms with Crippen molar-refractivity contribution in [1.82, 2.24) is 9.97 Å². The number of aliphatic hydroxyl groups is 2. The number of aliphatic hydroxyl groups excluding tert-OH is 2. The van der Waals surface area contributed by atoms with E-state index in [0.717, 1.165) is 0 Å². The normalized spacial score (nSPS) is 11.4. The topological polar surface area (TPSA) is 90.3 Å². The molecule has 0 unspecified atom stereocenters. The van der Waals surface area contributed by atoms with E-state index in [4.69, 9.17) is 0 Å². The molecule has 1 heterocycles. The van der Waals surface area contributed by atoms with Crippen LogP contribution in [0, 0.1) is 0 Å². The van der Waals surface area contributed by atoms with Gasteiger partial charge >= 0.3 is 0 Å². The van der Waals surface area contributed by atoms with Gasteiger partial charge in [-0.1, -0.05) is 18.7 Å². The molecule has 6 nitrogen and oxygen atoms in total. The molecule has 1 aromatic heterocycles. The summed E-state index contributed by atoms with van der Waals surface area (Å²) in [6, 6.07) is 1.75. The van der Waals surface area contributed by atoms with Gasteiger partial charge in [-0.15, -0.1) is 0 Å². The molecule has 0 aliphatic heterocycles. The summed E-state index contributed by atoms with van der Waals surface area (Å²) in [5.41, 5.74) is -0.755. The Morgan fingerprint density at radius 3 is 2.33 bits per heavy atom. The molecule has 1 rings (SSSR count). The molecule has 0 aliphatic carbocycles. The highest BCUT2D eigenvalue weighted by Gasteiger charge is 2.27. The average molecular weight is 272 g/mol. The van der Waals surface area contributed by atoms with E-state index < -0.39 is 5.54 Å². The maximum Gasteiger partial charge on any atom is 0.191 e. The Labute approximate surface area is 111 Å². The lowest BCUT2D eigenvalue weighted by Gasteiger charge is -2.30. The fourth-order valence-corrected chi connectivity index (χ4v) is 1.80. The highest BCUT2D eigenvalue weighted by Crippen LogP contribution is 2.21. The van der Waals surface area contributed by atoms with Crippen LogP contribution in [0.1, 0.15) is 13.3 Å². The Kier molecular flexibility index (Phi) is 5.64. The number of rotatable bonds is 7. The summed E-state index contributed by atoms with van der Waals surface area (Å²) in [6.45, 7) is 1.58. The fraction of sp³-hybridized carbons (Fsp3) is 0.636. The summed E-state index contributed by atoms with van der Waals surface area (Å²) in [7, 11) is 1.78. The second-order valence-corrected chi connectivity index (χ2v) is 4.72. The third kappa shape index (κ3) is 3.47. The molecule has 0 aliphatic rings. The fourth-order valence-electron chi connectivity index (χ4n) is 1.42. The first-order valence-electron chi connectivity index (χ1n) is 5.73. The SMILES string of the molecule is CCC(CO)(CO)Nc1cc(NC)nc(SC)n1. The van der Waals surface area contributed by atoms with E-state index in [-0.39, 0.29) is 13.2 Å². The summed E-state index contributed by atoms with van der Waals surface area (Å²) in [5, 5.41) is 25.5. The summed E-state index contributed by atoms with van der Waals surface area (Å²) >= 11 is 1.43. The Balaban J connectivity index is 3.01. The second-order valence-electron chi connectivity index (χ2n) is 3.95. The Morgan fingerprint density at radius 1 is 1.28 bits per heavy atom. The van der Waals surface area contributed by atoms with Gasteiger partial charge < -0.3 is 20.8 Å². The van der Waals surface area contributed by atoms with Crippen LogP contribution in [0.2, 0.25) is 0 Å². The number of aromatic nitrogens is 2. The lowest BCUT2D eigenvalue weighted by atomic mass is 9.98. The summed E-state index contributed by atoms with van der Waals surface area (Å²) in [6.07, 6.45) is 2.48. The number of nitrogens with zero attached hydrogens (tertiary/aromatic N) is 2. The number of nitrogens with one attached hydrogen (secondary N) is 2. The zero-order valence-corrected chi connectivity index (χ0v) is 11.7. The molecule has 18 heavy (non-hydrogen) atoms. The van der Waals surface area contributed by atoms with Crippen molar-refractivity contribution in [1.29, 1.82) is 0 Å². The second kappa shape index (κ2) is 6.77. The van der Waals surface area contributed by atoms with E-state index in [2.05, 4.69) is 20.6 Å². The van der Waals surface area contributed by atoms with E-state index >= 15 is 0 Å². The van der Waals surface area contributed by atoms with Crippen LogP contribution < -0.4 is 10.6 Å². The van der Waals surface area contributed by atoms with Crippen LogP contribution in [0.15, 0.2) is 11.2 Å². The molecule has 0 spiro atoms. The van der Waals surface area contributed by atoms with Crippen molar-refractivity contribution >= 4 is 23.4 Å². The number of hydrogen-bond acceptors (Lipinski definition) is 7. The van der Waals surface area contributed by atoms with Gasteiger partial charge in [-0.3, -0.25) is 0 Å². The van der Waals surface area contributed by atoms with Crippen molar-refractivity contribution in [3.63, 3.8) is 0 Å². The summed E-state index contributed by atoms with van der Waals surface area (Å²) in [5.74, 6) is 1.28. The van der Waals surface area contributed by atoms with E-state index in [0.29, 0.717) is 23.2 Å². The molecule has 0 bridgehead atoms. The third-order valence-electron chi connectivity index (χ3n) is 2.82. The molecule has 7 heteroatoms. The molecule has 0 saturated carbocycles. The van der Waals surface area contributed by atoms with Gasteiger partial charge in [-0.05, 0) is 12.7 Å². The van der Waals surface area contributed by atoms with Crippen LogP contribution in [0.3, 0.4) is 0 Å². The summed E-state index contributed by atoms with van der Waals surface area (Å²) in [4.78, 5) is 8.56. The van der Waals surface area contributed by atoms with Gasteiger partial charge in [0.15, 0.2) is 5.16 Å². The van der Waals surface area contributed by atoms with Crippen molar-refractivity contribution < 1.29 is 10.2 Å². The lowest BCUT2D eigenvalue weighted by molar-refractivity contribution is 0.132. The molecule has 0 fully saturated rings. The quantitative estimate of drug-likeness (QED) is 0.431. The number of anilines is 2. The van der Waals surface area contributed by atoms with Crippen molar-refractivity contribution in [2.24, 2.45) is 0 Å². The van der Waals surface area contributed by atoms with Crippen LogP contribution >= 0.6 is 11.8 Å². The van der Waals surface area contributed by atoms with E-state index in [1.165, 1.54) is 11.8 Å². The molecular formula is C11H20N4O2S. The van der Waals surface area contributed by atoms with Crippen LogP contribution in [-0.2, 0) is 0 Å². The number of hydrogen-bond donors (Lipinski definition) is 4. The minimum Gasteiger partial charge on any atom is -0.394 e. The molecule has 0 atom stereocenters. The van der Waals surface area contributed by atoms with E-state index in [1.807, 2.05) is 13.2 Å². The Hall–Kier alpha value is -1.05. The van der Waals surface area contributed by atoms with Gasteiger partial charge in [0.25, 0.3) is 0 Å². The molecular weight excluding hydrogens is 252 g/mol. The van der Waals surface area contributed by atoms with Crippen molar-refractivity contribution in [2.75, 3.05) is 37.2 Å². The highest BCUT2D eigenvalue weighted by atomic mass is 32.2. The first-order chi connectivity index (χ1) is 8.62. The van der Waals surface area contributed by atoms with Gasteiger partial charge in [0.05, 0.1) is 18.8 Å². The van der Waals surface area contributed by atoms with Crippen molar-refractivity contribution in [3.8, 4) is 0 Å². The monoisotopic (exact) mass is 272 g/mol. The van der Waals surface area contributed by atoms with Gasteiger partial charge in [-0.25, -0.2) is 9.97 Å². The highest BCUT2D eigenvalue weighted by molar-refractivity contribution is 7.98. The van der Waals surface area contributed by atoms with Crippen LogP contribution in [0.25, 0.3) is 0 Å². The molecule has 1 aromatic rings. The van der Waals surface area contributed by atoms with Gasteiger partial charge in [-0.2, -0.15) is 0 Å².